The maximum Gasteiger partial charge on any atom is 0.00751 e. The molecule has 0 fully saturated rings. The summed E-state index contributed by atoms with van der Waals surface area (Å²) in [5, 5.41) is 0. The molecule has 0 radical (unpaired) electrons. The van der Waals surface area contributed by atoms with Crippen LogP contribution in [0.1, 0.15) is 12.5 Å². The smallest absolute Gasteiger partial charge is 0.00751 e. The molecular formula is C10H11BrS. The number of halogens is 1. The third kappa shape index (κ3) is 2.39. The second-order valence-corrected chi connectivity index (χ2v) is 3.86. The number of hydrogen-bond donors (Lipinski definition) is 0. The van der Waals surface area contributed by atoms with Crippen molar-refractivity contribution in [3.63, 3.8) is 0 Å². The van der Waals surface area contributed by atoms with Crippen LogP contribution in [0.2, 0.25) is 0 Å². The van der Waals surface area contributed by atoms with Crippen LogP contribution in [0.5, 0.6) is 0 Å². The quantitative estimate of drug-likeness (QED) is 0.702. The van der Waals surface area contributed by atoms with Gasteiger partial charge < -0.3 is 0 Å². The second-order valence-electron chi connectivity index (χ2n) is 2.52. The molecule has 0 nitrogen and oxygen atoms in total. The van der Waals surface area contributed by atoms with Gasteiger partial charge in [0.15, 0.2) is 0 Å². The molecule has 0 aliphatic heterocycles. The summed E-state index contributed by atoms with van der Waals surface area (Å²) in [6, 6.07) is 8.52. The van der Waals surface area contributed by atoms with Gasteiger partial charge in [0.1, 0.15) is 0 Å². The average Bonchev–Trinajstić information content (AvgIpc) is 2.17. The van der Waals surface area contributed by atoms with Crippen molar-refractivity contribution in [1.29, 1.82) is 0 Å². The van der Waals surface area contributed by atoms with E-state index in [4.69, 9.17) is 0 Å². The van der Waals surface area contributed by atoms with E-state index in [0.717, 1.165) is 0 Å². The Hall–Kier alpha value is -0.210. The molecule has 0 amide bonds. The Bertz CT molecular complexity index is 292. The van der Waals surface area contributed by atoms with E-state index in [9.17, 15) is 0 Å². The number of allylic oxidation sites excluding steroid dienone is 1. The summed E-state index contributed by atoms with van der Waals surface area (Å²) in [6.07, 6.45) is 2.09. The van der Waals surface area contributed by atoms with Gasteiger partial charge in [0, 0.05) is 4.90 Å². The fraction of sp³-hybridized carbons (Fsp3) is 0.200. The van der Waals surface area contributed by atoms with Crippen LogP contribution in [-0.2, 0) is 0 Å². The molecule has 0 aliphatic carbocycles. The van der Waals surface area contributed by atoms with E-state index in [-0.39, 0.29) is 0 Å². The van der Waals surface area contributed by atoms with Gasteiger partial charge in [-0.3, -0.25) is 0 Å². The van der Waals surface area contributed by atoms with Crippen molar-refractivity contribution in [3.8, 4) is 0 Å². The number of benzene rings is 1. The van der Waals surface area contributed by atoms with Crippen molar-refractivity contribution in [2.24, 2.45) is 0 Å². The molecule has 1 rings (SSSR count). The maximum atomic E-state index is 3.33. The zero-order valence-corrected chi connectivity index (χ0v) is 9.58. The molecule has 0 aromatic heterocycles. The molecule has 12 heavy (non-hydrogen) atoms. The monoisotopic (exact) mass is 242 g/mol. The first kappa shape index (κ1) is 9.87. The van der Waals surface area contributed by atoms with Crippen LogP contribution < -0.4 is 0 Å². The molecule has 0 atom stereocenters. The third-order valence-electron chi connectivity index (χ3n) is 1.69. The molecule has 0 bridgehead atoms. The van der Waals surface area contributed by atoms with E-state index >= 15 is 0 Å². The lowest BCUT2D eigenvalue weighted by atomic mass is 10.1. The van der Waals surface area contributed by atoms with Crippen LogP contribution in [0.3, 0.4) is 0 Å². The fourth-order valence-electron chi connectivity index (χ4n) is 0.931. The van der Waals surface area contributed by atoms with Crippen LogP contribution in [0.15, 0.2) is 34.1 Å². The van der Waals surface area contributed by atoms with Crippen LogP contribution in [-0.4, -0.2) is 6.26 Å². The summed E-state index contributed by atoms with van der Waals surface area (Å²) in [7, 11) is 0. The molecule has 0 heterocycles. The maximum absolute atomic E-state index is 3.33. The van der Waals surface area contributed by atoms with Gasteiger partial charge in [0.2, 0.25) is 0 Å². The summed E-state index contributed by atoms with van der Waals surface area (Å²) < 4.78 is 0. The van der Waals surface area contributed by atoms with Gasteiger partial charge in [-0.2, -0.15) is 0 Å². The van der Waals surface area contributed by atoms with E-state index in [2.05, 4.69) is 53.4 Å². The molecule has 0 unspecified atom stereocenters. The van der Waals surface area contributed by atoms with Crippen molar-refractivity contribution >= 4 is 33.3 Å². The minimum absolute atomic E-state index is 1.26. The van der Waals surface area contributed by atoms with Gasteiger partial charge >= 0.3 is 0 Å². The first-order valence-electron chi connectivity index (χ1n) is 3.69. The number of thioether (sulfide) groups is 1. The Balaban J connectivity index is 3.02. The predicted octanol–water partition coefficient (Wildman–Crippen LogP) is 4.16. The lowest BCUT2D eigenvalue weighted by Gasteiger charge is -2.01. The Morgan fingerprint density at radius 3 is 2.83 bits per heavy atom. The van der Waals surface area contributed by atoms with E-state index in [1.807, 2.05) is 4.99 Å². The lowest BCUT2D eigenvalue weighted by molar-refractivity contribution is 1.42. The highest BCUT2D eigenvalue weighted by atomic mass is 79.9. The van der Waals surface area contributed by atoms with Gasteiger partial charge in [-0.1, -0.05) is 28.1 Å². The Kier molecular flexibility index (Phi) is 3.89. The molecule has 0 spiro atoms. The normalized spacial score (nSPS) is 11.8. The molecule has 2 heteroatoms. The molecule has 0 aliphatic rings. The molecule has 64 valence electrons. The van der Waals surface area contributed by atoms with E-state index in [1.165, 1.54) is 16.0 Å². The summed E-state index contributed by atoms with van der Waals surface area (Å²) in [5.41, 5.74) is 2.53. The topological polar surface area (TPSA) is 0 Å². The number of hydrogen-bond acceptors (Lipinski definition) is 1. The molecule has 1 aromatic carbocycles. The zero-order valence-electron chi connectivity index (χ0n) is 7.17. The fourth-order valence-corrected chi connectivity index (χ4v) is 1.66. The van der Waals surface area contributed by atoms with Gasteiger partial charge in [-0.05, 0) is 41.4 Å². The third-order valence-corrected chi connectivity index (χ3v) is 3.10. The van der Waals surface area contributed by atoms with Crippen molar-refractivity contribution in [2.45, 2.75) is 11.8 Å². The molecule has 0 saturated heterocycles. The predicted molar refractivity (Wildman–Crippen MR) is 60.8 cm³/mol. The highest BCUT2D eigenvalue weighted by molar-refractivity contribution is 9.11. The second kappa shape index (κ2) is 4.73. The van der Waals surface area contributed by atoms with Gasteiger partial charge in [-0.25, -0.2) is 0 Å². The van der Waals surface area contributed by atoms with Crippen LogP contribution in [0, 0.1) is 0 Å². The highest BCUT2D eigenvalue weighted by Gasteiger charge is 1.95. The Morgan fingerprint density at radius 1 is 1.50 bits per heavy atom. The summed E-state index contributed by atoms with van der Waals surface area (Å²) >= 11 is 5.10. The largest absolute Gasteiger partial charge is 0.130 e. The van der Waals surface area contributed by atoms with Gasteiger partial charge in [0.25, 0.3) is 0 Å². The summed E-state index contributed by atoms with van der Waals surface area (Å²) in [6.45, 7) is 2.09. The summed E-state index contributed by atoms with van der Waals surface area (Å²) in [4.78, 5) is 3.26. The van der Waals surface area contributed by atoms with Crippen LogP contribution in [0.25, 0.3) is 5.57 Å². The minimum Gasteiger partial charge on any atom is -0.130 e. The van der Waals surface area contributed by atoms with Crippen molar-refractivity contribution in [3.05, 3.63) is 34.8 Å². The van der Waals surface area contributed by atoms with Crippen LogP contribution in [0.4, 0.5) is 0 Å². The molecular weight excluding hydrogens is 232 g/mol. The Labute approximate surface area is 86.2 Å². The first-order valence-corrected chi connectivity index (χ1v) is 5.83. The van der Waals surface area contributed by atoms with Crippen molar-refractivity contribution in [2.75, 3.05) is 6.26 Å². The first-order chi connectivity index (χ1) is 5.77. The Morgan fingerprint density at radius 2 is 2.25 bits per heavy atom. The van der Waals surface area contributed by atoms with Gasteiger partial charge in [0.05, 0.1) is 0 Å². The zero-order chi connectivity index (χ0) is 8.97. The highest BCUT2D eigenvalue weighted by Crippen LogP contribution is 2.21. The van der Waals surface area contributed by atoms with Crippen molar-refractivity contribution < 1.29 is 0 Å². The summed E-state index contributed by atoms with van der Waals surface area (Å²) in [5.74, 6) is 0. The van der Waals surface area contributed by atoms with Gasteiger partial charge in [-0.15, -0.1) is 11.8 Å². The van der Waals surface area contributed by atoms with Crippen LogP contribution >= 0.6 is 27.7 Å². The van der Waals surface area contributed by atoms with Crippen molar-refractivity contribution in [1.82, 2.24) is 0 Å². The van der Waals surface area contributed by atoms with E-state index < -0.39 is 0 Å². The molecule has 0 saturated carbocycles. The van der Waals surface area contributed by atoms with E-state index in [0.29, 0.717) is 0 Å². The standard InChI is InChI=1S/C10H11BrS/c1-8(7-11)9-4-3-5-10(6-9)12-2/h3-7H,1-2H3/b8-7+. The molecule has 1 aromatic rings. The number of rotatable bonds is 2. The van der Waals surface area contributed by atoms with E-state index in [1.54, 1.807) is 11.8 Å². The minimum atomic E-state index is 1.26. The molecule has 0 N–H and O–H groups in total. The average molecular weight is 243 g/mol. The lowest BCUT2D eigenvalue weighted by Crippen LogP contribution is -1.78. The SMILES string of the molecule is CSc1cccc(/C(C)=C/Br)c1.